The van der Waals surface area contributed by atoms with Gasteiger partial charge in [0.25, 0.3) is 11.5 Å². The van der Waals surface area contributed by atoms with Gasteiger partial charge in [-0.1, -0.05) is 184 Å². The highest BCUT2D eigenvalue weighted by Crippen LogP contribution is 2.53. The highest BCUT2D eigenvalue weighted by molar-refractivity contribution is 6.84. The summed E-state index contributed by atoms with van der Waals surface area (Å²) in [6, 6.07) is 8.91. The Kier molecular flexibility index (Phi) is 44.3. The average Bonchev–Trinajstić information content (AvgIpc) is 1.55. The summed E-state index contributed by atoms with van der Waals surface area (Å²) >= 11 is 0. The number of rotatable bonds is 50. The predicted octanol–water partition coefficient (Wildman–Crippen LogP) is 17.0. The number of hydrogen-bond donors (Lipinski definition) is 3. The van der Waals surface area contributed by atoms with Gasteiger partial charge in [0, 0.05) is 101 Å². The normalized spacial score (nSPS) is 26.7. The monoisotopic (exact) mass is 2040 g/mol. The molecule has 5 aromatic rings. The highest BCUT2D eigenvalue weighted by Gasteiger charge is 2.65. The summed E-state index contributed by atoms with van der Waals surface area (Å²) in [5.74, 6) is -0.635. The summed E-state index contributed by atoms with van der Waals surface area (Å²) < 4.78 is 134. The molecule has 6 aliphatic heterocycles. The van der Waals surface area contributed by atoms with Gasteiger partial charge in [-0.15, -0.1) is 0 Å². The third kappa shape index (κ3) is 28.7. The Morgan fingerprint density at radius 1 is 0.457 bits per heavy atom. The number of ether oxygens (including phenoxy) is 14. The number of unbranched alkanes of at least 4 members (excludes halogenated alkanes) is 2. The quantitative estimate of drug-likeness (QED) is 0.0141. The standard InChI is InChI=1S/C51H81N5O13Si2.C48H83N5O14Si2/c1-13-41-44(65-38(12)57)36(10)37(11)51(67-41)62-25-18-17-22-40(58)23-19-24-60-26-27-61-31-63-46-45-42(28-64-70(32(2)3,33(4)5)69-71(68-45,34(6)7)35(8)9)66-50(46)56-30-54-43-47(52-29-53-48(43)56)55-49(59)39-20-15-14-16-21-39;1-15-37-40(63-35(14)54)33(12)34(13)47(65-37)60-22-17-16-19-36(55)20-18-21-58-23-24-59-27-61-42-41-38(25-62-68(29(4)5,30(6)7)67-69(66-41,31(8)9)32(10)11)64-46(42)53-26-49-39-43(53)50-48(52-45(39)57)51-44(56)28(2)3/h14-16,20-21,29-30,32-37,41-42,44-46,50-51H,13,17-19,22-28,31H2,1-12H3,(H,52,53,55,59);26,28-34,37-38,40-42,46-47H,15-25,27H2,1-14H3,(H2,50,51,52,56,57)/t36?,37?,41?,42-,44?,45?,46+,50-,51?;33?,34?,37?,38-,40?,41?,42+,46-,47?/m11/s1. The maximum Gasteiger partial charge on any atom is 0.335 e. The number of Topliss-reactive ketones (excluding diaryl/α,β-unsaturated/α-hetero) is 2. The first-order valence-corrected chi connectivity index (χ1v) is 59.1. The number of nitrogens with one attached hydrogen (secondary N) is 3. The Balaban J connectivity index is 0.000000288. The number of fused-ring (bicyclic) bond motifs is 4. The van der Waals surface area contributed by atoms with Crippen LogP contribution in [0.15, 0.2) is 54.1 Å². The van der Waals surface area contributed by atoms with Crippen LogP contribution in [0.1, 0.15) is 280 Å². The van der Waals surface area contributed by atoms with Gasteiger partial charge < -0.3 is 97.6 Å². The minimum atomic E-state index is -3.11. The number of ketones is 2. The molecule has 788 valence electrons. The lowest BCUT2D eigenvalue weighted by Gasteiger charge is -2.51. The number of amides is 2. The van der Waals surface area contributed by atoms with Crippen LogP contribution in [0.4, 0.5) is 11.8 Å². The lowest BCUT2D eigenvalue weighted by molar-refractivity contribution is -0.267. The maximum atomic E-state index is 13.3. The lowest BCUT2D eigenvalue weighted by atomic mass is 9.84. The number of benzene rings is 1. The van der Waals surface area contributed by atoms with Gasteiger partial charge >= 0.3 is 46.2 Å². The molecular weight excluding hydrogens is 1870 g/mol. The third-order valence-electron chi connectivity index (χ3n) is 28.1. The van der Waals surface area contributed by atoms with Crippen molar-refractivity contribution in [1.82, 2.24) is 39.0 Å². The molecule has 12 unspecified atom stereocenters. The summed E-state index contributed by atoms with van der Waals surface area (Å²) in [5.41, 5.74) is 1.87. The zero-order valence-electron chi connectivity index (χ0n) is 87.8. The van der Waals surface area contributed by atoms with E-state index in [9.17, 15) is 33.6 Å². The van der Waals surface area contributed by atoms with Gasteiger partial charge in [0.1, 0.15) is 80.3 Å². The molecule has 1 aromatic carbocycles. The lowest BCUT2D eigenvalue weighted by Crippen LogP contribution is -2.66. The summed E-state index contributed by atoms with van der Waals surface area (Å²) in [6.07, 6.45) is 4.61. The molecular formula is C99H164N10O27Si4. The Morgan fingerprint density at radius 2 is 0.871 bits per heavy atom. The number of esters is 2. The second kappa shape index (κ2) is 53.7. The first kappa shape index (κ1) is 115. The minimum Gasteiger partial charge on any atom is -0.459 e. The largest absolute Gasteiger partial charge is 0.459 e. The van der Waals surface area contributed by atoms with Crippen LogP contribution in [0.2, 0.25) is 44.3 Å². The number of carbonyl (C=O) groups excluding carboxylic acids is 6. The summed E-state index contributed by atoms with van der Waals surface area (Å²) in [5, 5.41) is 5.59. The molecule has 0 aliphatic carbocycles. The van der Waals surface area contributed by atoms with Crippen molar-refractivity contribution < 1.29 is 121 Å². The van der Waals surface area contributed by atoms with Crippen molar-refractivity contribution in [2.24, 2.45) is 29.6 Å². The van der Waals surface area contributed by atoms with Gasteiger partial charge in [-0.3, -0.25) is 53.0 Å². The highest BCUT2D eigenvalue weighted by atomic mass is 28.5. The van der Waals surface area contributed by atoms with Crippen LogP contribution in [0.3, 0.4) is 0 Å². The van der Waals surface area contributed by atoms with Gasteiger partial charge in [0.05, 0.1) is 64.5 Å². The van der Waals surface area contributed by atoms with Crippen molar-refractivity contribution in [3.8, 4) is 0 Å². The number of aromatic nitrogens is 8. The van der Waals surface area contributed by atoms with Crippen LogP contribution < -0.4 is 16.2 Å². The van der Waals surface area contributed by atoms with E-state index in [0.29, 0.717) is 101 Å². The van der Waals surface area contributed by atoms with E-state index in [1.54, 1.807) is 53.6 Å². The second-order valence-corrected chi connectivity index (χ2v) is 58.7. The molecule has 0 radical (unpaired) electrons. The summed E-state index contributed by atoms with van der Waals surface area (Å²) in [6.45, 7) is 56.4. The molecule has 11 rings (SSSR count). The molecule has 3 N–H and O–H groups in total. The fourth-order valence-corrected chi connectivity index (χ4v) is 42.2. The zero-order valence-corrected chi connectivity index (χ0v) is 91.8. The molecule has 41 heteroatoms. The molecule has 6 saturated heterocycles. The van der Waals surface area contributed by atoms with Crippen molar-refractivity contribution in [3.63, 3.8) is 0 Å². The fraction of sp³-hybridized carbons (Fsp3) is 0.778. The van der Waals surface area contributed by atoms with Crippen LogP contribution in [-0.4, -0.2) is 262 Å². The Labute approximate surface area is 831 Å². The van der Waals surface area contributed by atoms with E-state index >= 15 is 0 Å². The number of aromatic amines is 1. The Morgan fingerprint density at radius 3 is 1.29 bits per heavy atom. The van der Waals surface area contributed by atoms with E-state index in [1.165, 1.54) is 26.5 Å². The molecule has 6 aliphatic rings. The summed E-state index contributed by atoms with van der Waals surface area (Å²) in [7, 11) is -12.0. The van der Waals surface area contributed by atoms with E-state index in [-0.39, 0.29) is 209 Å². The second-order valence-electron chi connectivity index (χ2n) is 41.0. The maximum absolute atomic E-state index is 13.3. The van der Waals surface area contributed by atoms with E-state index in [0.717, 1.165) is 32.1 Å². The SMILES string of the molecule is CCC1OC(OCCCCC(=O)CCCOCCOCO[C@H]2C3O[Si](C(C)C)(C(C)C)O[Si](C(C)C)(C(C)C)OC[C@H]3O[C@H]2n2cnc3c(=O)[nH]c(NC(=O)C(C)C)nc32)C(C)C(C)C1OC(C)=O.CCC1OC(OCCCCC(=O)CCCOCCOCO[C@H]2C3O[Si](C(C)C)(C(C)C)O[Si](C(C)C)(C(C)C)OC[C@H]3O[C@H]2n2cnc3c(NC(=O)c4ccccc4)ncnc32)C(C)C(C)C1OC(C)=O. The smallest absolute Gasteiger partial charge is 0.335 e. The molecule has 2 amide bonds. The van der Waals surface area contributed by atoms with Crippen LogP contribution in [0.5, 0.6) is 0 Å². The molecule has 18 atom stereocenters. The van der Waals surface area contributed by atoms with Gasteiger partial charge in [0.2, 0.25) is 11.9 Å². The topological polar surface area (TPSA) is 418 Å². The number of H-pyrrole nitrogens is 1. The zero-order chi connectivity index (χ0) is 102. The van der Waals surface area contributed by atoms with Gasteiger partial charge in [-0.05, 0) is 108 Å². The molecule has 0 bridgehead atoms. The van der Waals surface area contributed by atoms with Gasteiger partial charge in [-0.25, -0.2) is 19.9 Å². The number of anilines is 2. The van der Waals surface area contributed by atoms with Gasteiger partial charge in [0.15, 0.2) is 53.2 Å². The number of hydrogen-bond acceptors (Lipinski definition) is 32. The van der Waals surface area contributed by atoms with E-state index in [2.05, 4.69) is 179 Å². The van der Waals surface area contributed by atoms with Crippen molar-refractivity contribution in [2.75, 3.05) is 90.3 Å². The van der Waals surface area contributed by atoms with E-state index in [4.69, 9.17) is 92.3 Å². The number of carbonyl (C=O) groups is 6. The van der Waals surface area contributed by atoms with Crippen molar-refractivity contribution in [2.45, 2.75) is 387 Å². The molecule has 10 heterocycles. The van der Waals surface area contributed by atoms with Crippen molar-refractivity contribution in [1.29, 1.82) is 0 Å². The minimum absolute atomic E-state index is 0.00838. The van der Waals surface area contributed by atoms with Crippen LogP contribution >= 0.6 is 0 Å². The average molecular weight is 2040 g/mol. The number of nitrogens with zero attached hydrogens (tertiary/aromatic N) is 7. The van der Waals surface area contributed by atoms with E-state index < -0.39 is 88.9 Å². The molecule has 0 spiro atoms. The van der Waals surface area contributed by atoms with Crippen molar-refractivity contribution >= 4 is 104 Å². The van der Waals surface area contributed by atoms with E-state index in [1.807, 2.05) is 19.9 Å². The Hall–Kier alpha value is -6.51. The molecule has 0 saturated carbocycles. The first-order valence-electron chi connectivity index (χ1n) is 51.2. The van der Waals surface area contributed by atoms with Crippen molar-refractivity contribution in [3.05, 3.63) is 65.2 Å². The van der Waals surface area contributed by atoms with Gasteiger partial charge in [-0.2, -0.15) is 4.98 Å². The third-order valence-corrected chi connectivity index (χ3v) is 48.6. The fourth-order valence-electron chi connectivity index (χ4n) is 19.7. The molecule has 37 nitrogen and oxygen atoms in total. The molecule has 140 heavy (non-hydrogen) atoms. The van der Waals surface area contributed by atoms with Crippen LogP contribution in [0.25, 0.3) is 22.3 Å². The molecule has 4 aromatic heterocycles. The number of imidazole rings is 2. The van der Waals surface area contributed by atoms with Crippen LogP contribution in [-0.2, 0) is 116 Å². The Bertz CT molecular complexity index is 4740. The van der Waals surface area contributed by atoms with Crippen LogP contribution in [0, 0.1) is 29.6 Å². The molecule has 6 fully saturated rings. The predicted molar refractivity (Wildman–Crippen MR) is 534 cm³/mol. The summed E-state index contributed by atoms with van der Waals surface area (Å²) in [4.78, 5) is 113. The first-order chi connectivity index (χ1) is 66.6.